The number of aromatic amines is 1. The lowest BCUT2D eigenvalue weighted by molar-refractivity contribution is -0.138. The molecule has 3 aromatic carbocycles. The molecule has 0 saturated carbocycles. The van der Waals surface area contributed by atoms with E-state index in [0.29, 0.717) is 11.6 Å². The predicted molar refractivity (Wildman–Crippen MR) is 145 cm³/mol. The zero-order valence-corrected chi connectivity index (χ0v) is 22.9. The first-order chi connectivity index (χ1) is 20.1. The Labute approximate surface area is 240 Å². The predicted octanol–water partition coefficient (Wildman–Crippen LogP) is 6.90. The molecule has 0 amide bonds. The van der Waals surface area contributed by atoms with E-state index in [1.165, 1.54) is 48.2 Å². The fourth-order valence-electron chi connectivity index (χ4n) is 5.18. The molecule has 4 aromatic rings. The van der Waals surface area contributed by atoms with Gasteiger partial charge in [0.1, 0.15) is 5.82 Å². The summed E-state index contributed by atoms with van der Waals surface area (Å²) < 4.78 is 125. The number of hydrogen-bond acceptors (Lipinski definition) is 3. The molecule has 43 heavy (non-hydrogen) atoms. The van der Waals surface area contributed by atoms with Crippen molar-refractivity contribution in [2.45, 2.75) is 42.7 Å². The summed E-state index contributed by atoms with van der Waals surface area (Å²) in [5.74, 6) is -1.12. The van der Waals surface area contributed by atoms with Crippen LogP contribution in [0.3, 0.4) is 0 Å². The molecular weight excluding hydrogens is 603 g/mol. The van der Waals surface area contributed by atoms with E-state index in [4.69, 9.17) is 0 Å². The third-order valence-corrected chi connectivity index (χ3v) is 9.15. The number of hydrogen-bond donors (Lipinski definition) is 1. The van der Waals surface area contributed by atoms with Crippen molar-refractivity contribution in [3.05, 3.63) is 117 Å². The van der Waals surface area contributed by atoms with Crippen LogP contribution >= 0.6 is 0 Å². The molecule has 1 aromatic heterocycles. The Bertz CT molecular complexity index is 1870. The number of anilines is 1. The van der Waals surface area contributed by atoms with Crippen LogP contribution in [0.4, 0.5) is 36.4 Å². The molecule has 14 heteroatoms. The van der Waals surface area contributed by atoms with Gasteiger partial charge in [0.05, 0.1) is 33.8 Å². The average molecular weight is 626 g/mol. The van der Waals surface area contributed by atoms with E-state index >= 15 is 0 Å². The topological polar surface area (TPSA) is 75.2 Å². The maximum Gasteiger partial charge on any atom is 0.417 e. The molecule has 6 nitrogen and oxygen atoms in total. The lowest BCUT2D eigenvalue weighted by Gasteiger charge is -2.41. The first-order valence-corrected chi connectivity index (χ1v) is 14.2. The minimum Gasteiger partial charge on any atom is -0.313 e. The molecule has 0 unspecified atom stereocenters. The number of sulfonamides is 1. The number of benzene rings is 3. The summed E-state index contributed by atoms with van der Waals surface area (Å²) in [6.45, 7) is 1.50. The second-order valence-electron chi connectivity index (χ2n) is 9.93. The number of imidazole rings is 1. The van der Waals surface area contributed by atoms with Gasteiger partial charge < -0.3 is 4.98 Å². The maximum absolute atomic E-state index is 14.4. The highest BCUT2D eigenvalue weighted by Gasteiger charge is 2.41. The SMILES string of the molecule is C[C@@H]1[C@H](n2cc[nH]c2=O)Cc2ccc(/C=C/c3c(F)cccc3C(F)(F)F)cc2N1S(=O)(=O)c1cccc(C(F)(F)F)c1. The molecule has 0 spiro atoms. The number of nitrogens with one attached hydrogen (secondary N) is 1. The Hall–Kier alpha value is -4.33. The summed E-state index contributed by atoms with van der Waals surface area (Å²) in [4.78, 5) is 14.3. The van der Waals surface area contributed by atoms with Gasteiger partial charge in [-0.2, -0.15) is 26.3 Å². The number of H-pyrrole nitrogens is 1. The Balaban J connectivity index is 1.65. The smallest absolute Gasteiger partial charge is 0.313 e. The minimum atomic E-state index is -4.84. The summed E-state index contributed by atoms with van der Waals surface area (Å²) in [6, 6.07) is 8.32. The van der Waals surface area contributed by atoms with Crippen molar-refractivity contribution in [2.24, 2.45) is 0 Å². The van der Waals surface area contributed by atoms with Crippen LogP contribution in [0.25, 0.3) is 12.2 Å². The molecule has 0 bridgehead atoms. The lowest BCUT2D eigenvalue weighted by Crippen LogP contribution is -2.49. The van der Waals surface area contributed by atoms with E-state index in [0.717, 1.165) is 46.8 Å². The van der Waals surface area contributed by atoms with E-state index in [9.17, 15) is 43.9 Å². The van der Waals surface area contributed by atoms with Crippen LogP contribution in [0.15, 0.2) is 82.7 Å². The number of alkyl halides is 6. The van der Waals surface area contributed by atoms with E-state index in [1.54, 1.807) is 0 Å². The highest BCUT2D eigenvalue weighted by molar-refractivity contribution is 7.92. The number of rotatable bonds is 5. The maximum atomic E-state index is 14.4. The van der Waals surface area contributed by atoms with Crippen molar-refractivity contribution >= 4 is 27.9 Å². The van der Waals surface area contributed by atoms with Crippen LogP contribution in [0.2, 0.25) is 0 Å². The number of halogens is 7. The second-order valence-corrected chi connectivity index (χ2v) is 11.7. The van der Waals surface area contributed by atoms with Crippen LogP contribution < -0.4 is 9.99 Å². The molecule has 0 saturated heterocycles. The number of aromatic nitrogens is 2. The van der Waals surface area contributed by atoms with Gasteiger partial charge in [-0.3, -0.25) is 8.87 Å². The van der Waals surface area contributed by atoms with Crippen molar-refractivity contribution < 1.29 is 39.2 Å². The van der Waals surface area contributed by atoms with Gasteiger partial charge in [0, 0.05) is 18.0 Å². The van der Waals surface area contributed by atoms with Crippen LogP contribution in [0.5, 0.6) is 0 Å². The van der Waals surface area contributed by atoms with Gasteiger partial charge in [-0.25, -0.2) is 17.6 Å². The molecule has 2 atom stereocenters. The Morgan fingerprint density at radius 2 is 1.65 bits per heavy atom. The standard InChI is InChI=1S/C29H22F7N3O3S/c1-17-25(38-13-12-37-27(38)40)15-19-10-8-18(9-11-22-23(29(34,35)36)6-3-7-24(22)30)14-26(19)39(17)43(41,42)21-5-2-4-20(16-21)28(31,32)33/h2-14,16-17,25H,15H2,1H3,(H,37,40)/b11-9+/t17-,25-/m1/s1. The van der Waals surface area contributed by atoms with Crippen molar-refractivity contribution in [2.75, 3.05) is 4.31 Å². The highest BCUT2D eigenvalue weighted by atomic mass is 32.2. The van der Waals surface area contributed by atoms with Crippen LogP contribution in [0, 0.1) is 5.82 Å². The molecule has 5 rings (SSSR count). The molecule has 0 aliphatic carbocycles. The van der Waals surface area contributed by atoms with Crippen molar-refractivity contribution in [3.63, 3.8) is 0 Å². The van der Waals surface area contributed by atoms with Gasteiger partial charge in [0.2, 0.25) is 0 Å². The molecule has 226 valence electrons. The highest BCUT2D eigenvalue weighted by Crippen LogP contribution is 2.41. The zero-order chi connectivity index (χ0) is 31.3. The van der Waals surface area contributed by atoms with Crippen LogP contribution in [0.1, 0.15) is 40.8 Å². The summed E-state index contributed by atoms with van der Waals surface area (Å²) in [5, 5.41) is 0. The molecule has 0 radical (unpaired) electrons. The van der Waals surface area contributed by atoms with Gasteiger partial charge in [-0.1, -0.05) is 36.4 Å². The molecule has 0 fully saturated rings. The van der Waals surface area contributed by atoms with Gasteiger partial charge in [0.25, 0.3) is 10.0 Å². The molecule has 2 heterocycles. The number of nitrogens with zero attached hydrogens (tertiary/aromatic N) is 2. The van der Waals surface area contributed by atoms with Gasteiger partial charge in [-0.15, -0.1) is 0 Å². The Morgan fingerprint density at radius 3 is 2.30 bits per heavy atom. The van der Waals surface area contributed by atoms with Gasteiger partial charge >= 0.3 is 18.0 Å². The summed E-state index contributed by atoms with van der Waals surface area (Å²) in [7, 11) is -4.69. The summed E-state index contributed by atoms with van der Waals surface area (Å²) in [5.41, 5.74) is -2.98. The molecular formula is C29H22F7N3O3S. The molecule has 1 aliphatic heterocycles. The minimum absolute atomic E-state index is 0.0523. The average Bonchev–Trinajstić information content (AvgIpc) is 3.36. The van der Waals surface area contributed by atoms with Gasteiger partial charge in [0.15, 0.2) is 0 Å². The molecule has 1 N–H and O–H groups in total. The van der Waals surface area contributed by atoms with E-state index in [1.807, 2.05) is 0 Å². The van der Waals surface area contributed by atoms with Crippen LogP contribution in [-0.4, -0.2) is 24.0 Å². The molecule has 1 aliphatic rings. The Kier molecular flexibility index (Phi) is 7.53. The van der Waals surface area contributed by atoms with E-state index in [2.05, 4.69) is 4.98 Å². The normalized spacial score (nSPS) is 17.8. The Morgan fingerprint density at radius 1 is 0.930 bits per heavy atom. The van der Waals surface area contributed by atoms with E-state index < -0.39 is 67.6 Å². The summed E-state index contributed by atoms with van der Waals surface area (Å²) >= 11 is 0. The quantitative estimate of drug-likeness (QED) is 0.194. The first kappa shape index (κ1) is 30.1. The van der Waals surface area contributed by atoms with E-state index in [-0.39, 0.29) is 17.7 Å². The van der Waals surface area contributed by atoms with Crippen molar-refractivity contribution in [3.8, 4) is 0 Å². The fraction of sp³-hybridized carbons (Fsp3) is 0.207. The largest absolute Gasteiger partial charge is 0.417 e. The van der Waals surface area contributed by atoms with Crippen molar-refractivity contribution in [1.29, 1.82) is 0 Å². The monoisotopic (exact) mass is 625 g/mol. The van der Waals surface area contributed by atoms with Crippen molar-refractivity contribution in [1.82, 2.24) is 9.55 Å². The lowest BCUT2D eigenvalue weighted by atomic mass is 9.92. The second kappa shape index (κ2) is 10.7. The van der Waals surface area contributed by atoms with Crippen LogP contribution in [-0.2, 0) is 28.8 Å². The zero-order valence-electron chi connectivity index (χ0n) is 22.1. The number of fused-ring (bicyclic) bond motifs is 1. The first-order valence-electron chi connectivity index (χ1n) is 12.7. The third-order valence-electron chi connectivity index (χ3n) is 7.26. The third kappa shape index (κ3) is 5.70. The van der Waals surface area contributed by atoms with Gasteiger partial charge in [-0.05, 0) is 60.9 Å². The summed E-state index contributed by atoms with van der Waals surface area (Å²) in [6.07, 6.45) is -4.63. The fourth-order valence-corrected chi connectivity index (χ4v) is 6.95.